The van der Waals surface area contributed by atoms with Gasteiger partial charge < -0.3 is 4.98 Å². The van der Waals surface area contributed by atoms with Crippen LogP contribution in [0, 0.1) is 6.92 Å². The van der Waals surface area contributed by atoms with Crippen LogP contribution in [0.25, 0.3) is 11.4 Å². The molecule has 1 N–H and O–H groups in total. The quantitative estimate of drug-likeness (QED) is 0.777. The molecule has 3 aromatic heterocycles. The second kappa shape index (κ2) is 6.84. The molecule has 0 spiro atoms. The lowest BCUT2D eigenvalue weighted by molar-refractivity contribution is 0.240. The minimum atomic E-state index is -0.0384. The fourth-order valence-electron chi connectivity index (χ4n) is 3.47. The molecule has 26 heavy (non-hydrogen) atoms. The van der Waals surface area contributed by atoms with Gasteiger partial charge in [-0.2, -0.15) is 5.10 Å². The van der Waals surface area contributed by atoms with Gasteiger partial charge in [-0.3, -0.25) is 19.4 Å². The molecule has 0 radical (unpaired) electrons. The lowest BCUT2D eigenvalue weighted by Gasteiger charge is -2.27. The third kappa shape index (κ3) is 3.06. The zero-order chi connectivity index (χ0) is 18.1. The molecule has 0 unspecified atom stereocenters. The van der Waals surface area contributed by atoms with Crippen molar-refractivity contribution in [1.82, 2.24) is 29.6 Å². The smallest absolute Gasteiger partial charge is 0.254 e. The van der Waals surface area contributed by atoms with Crippen molar-refractivity contribution in [2.24, 2.45) is 0 Å². The van der Waals surface area contributed by atoms with Crippen LogP contribution in [0.4, 0.5) is 0 Å². The Morgan fingerprint density at radius 3 is 2.92 bits per heavy atom. The van der Waals surface area contributed by atoms with Gasteiger partial charge in [0.15, 0.2) is 0 Å². The van der Waals surface area contributed by atoms with Crippen LogP contribution < -0.4 is 5.56 Å². The molecule has 134 valence electrons. The molecule has 7 nitrogen and oxygen atoms in total. The fraction of sp³-hybridized carbons (Fsp3) is 0.368. The van der Waals surface area contributed by atoms with Gasteiger partial charge in [-0.1, -0.05) is 0 Å². The topological polar surface area (TPSA) is 79.7 Å². The van der Waals surface area contributed by atoms with Crippen LogP contribution in [0.3, 0.4) is 0 Å². The molecule has 4 heterocycles. The van der Waals surface area contributed by atoms with E-state index in [0.717, 1.165) is 36.5 Å². The number of aromatic amines is 1. The second-order valence-corrected chi connectivity index (χ2v) is 6.61. The molecule has 0 fully saturated rings. The van der Waals surface area contributed by atoms with Crippen molar-refractivity contribution in [3.63, 3.8) is 0 Å². The summed E-state index contributed by atoms with van der Waals surface area (Å²) in [6.45, 7) is 7.41. The molecule has 1 aliphatic heterocycles. The van der Waals surface area contributed by atoms with Gasteiger partial charge in [0, 0.05) is 61.0 Å². The van der Waals surface area contributed by atoms with Crippen molar-refractivity contribution in [2.75, 3.05) is 6.54 Å². The molecular formula is C19H22N6O. The van der Waals surface area contributed by atoms with Crippen molar-refractivity contribution in [3.05, 3.63) is 63.6 Å². The molecule has 4 rings (SSSR count). The van der Waals surface area contributed by atoms with E-state index in [4.69, 9.17) is 4.98 Å². The molecule has 1 aliphatic rings. The lowest BCUT2D eigenvalue weighted by Crippen LogP contribution is -2.35. The minimum Gasteiger partial charge on any atom is -0.306 e. The Morgan fingerprint density at radius 2 is 2.19 bits per heavy atom. The number of pyridine rings is 1. The molecule has 0 aliphatic carbocycles. The molecule has 7 heteroatoms. The fourth-order valence-corrected chi connectivity index (χ4v) is 3.47. The molecular weight excluding hydrogens is 328 g/mol. The normalized spacial score (nSPS) is 14.4. The van der Waals surface area contributed by atoms with Crippen molar-refractivity contribution in [3.8, 4) is 11.4 Å². The number of H-pyrrole nitrogens is 1. The summed E-state index contributed by atoms with van der Waals surface area (Å²) < 4.78 is 2.01. The maximum atomic E-state index is 12.5. The van der Waals surface area contributed by atoms with E-state index >= 15 is 0 Å². The van der Waals surface area contributed by atoms with Gasteiger partial charge in [0.1, 0.15) is 5.82 Å². The van der Waals surface area contributed by atoms with Crippen LogP contribution in [0.15, 0.2) is 35.5 Å². The van der Waals surface area contributed by atoms with Crippen molar-refractivity contribution in [2.45, 2.75) is 39.9 Å². The van der Waals surface area contributed by atoms with Crippen LogP contribution in [0.1, 0.15) is 29.4 Å². The number of aryl methyl sites for hydroxylation is 1. The molecule has 0 saturated carbocycles. The Bertz CT molecular complexity index is 975. The molecule has 0 atom stereocenters. The average molecular weight is 350 g/mol. The van der Waals surface area contributed by atoms with E-state index < -0.39 is 0 Å². The molecule has 0 saturated heterocycles. The van der Waals surface area contributed by atoms with Crippen LogP contribution in [0.5, 0.6) is 0 Å². The largest absolute Gasteiger partial charge is 0.306 e. The Balaban J connectivity index is 1.60. The summed E-state index contributed by atoms with van der Waals surface area (Å²) in [5.41, 5.74) is 4.88. The Morgan fingerprint density at radius 1 is 1.31 bits per heavy atom. The van der Waals surface area contributed by atoms with Crippen LogP contribution in [-0.4, -0.2) is 36.2 Å². The first-order chi connectivity index (χ1) is 12.7. The summed E-state index contributed by atoms with van der Waals surface area (Å²) in [5, 5.41) is 4.42. The molecule has 0 bridgehead atoms. The Kier molecular flexibility index (Phi) is 4.38. The predicted octanol–water partition coefficient (Wildman–Crippen LogP) is 1.92. The highest BCUT2D eigenvalue weighted by molar-refractivity contribution is 5.53. The summed E-state index contributed by atoms with van der Waals surface area (Å²) in [6.07, 6.45) is 6.08. The van der Waals surface area contributed by atoms with Crippen molar-refractivity contribution in [1.29, 1.82) is 0 Å². The van der Waals surface area contributed by atoms with Crippen LogP contribution in [0.2, 0.25) is 0 Å². The maximum Gasteiger partial charge on any atom is 0.254 e. The summed E-state index contributed by atoms with van der Waals surface area (Å²) in [6, 6.07) is 3.75. The first-order valence-electron chi connectivity index (χ1n) is 8.91. The standard InChI is InChI=1S/C19H22N6O/c1-3-25-13(2)15(10-21-25)11-24-8-6-16-17(12-24)22-18(23-19(16)26)14-5-4-7-20-9-14/h4-5,7,9-10H,3,6,8,11-12H2,1-2H3,(H,22,23,26). The third-order valence-corrected chi connectivity index (χ3v) is 4.99. The van der Waals surface area contributed by atoms with Crippen molar-refractivity contribution >= 4 is 0 Å². The summed E-state index contributed by atoms with van der Waals surface area (Å²) in [7, 11) is 0. The number of fused-ring (bicyclic) bond motifs is 1. The van der Waals surface area contributed by atoms with E-state index in [1.807, 2.05) is 23.0 Å². The maximum absolute atomic E-state index is 12.5. The molecule has 0 amide bonds. The van der Waals surface area contributed by atoms with E-state index in [2.05, 4.69) is 33.8 Å². The Hall–Kier alpha value is -2.80. The molecule has 0 aromatic carbocycles. The van der Waals surface area contributed by atoms with Crippen molar-refractivity contribution < 1.29 is 0 Å². The number of nitrogens with zero attached hydrogens (tertiary/aromatic N) is 5. The van der Waals surface area contributed by atoms with Gasteiger partial charge in [0.05, 0.1) is 11.9 Å². The van der Waals surface area contributed by atoms with E-state index in [0.29, 0.717) is 18.8 Å². The first kappa shape index (κ1) is 16.7. The lowest BCUT2D eigenvalue weighted by atomic mass is 10.1. The van der Waals surface area contributed by atoms with Gasteiger partial charge in [0.2, 0.25) is 0 Å². The van der Waals surface area contributed by atoms with E-state index in [1.165, 1.54) is 11.3 Å². The van der Waals surface area contributed by atoms with Crippen LogP contribution in [-0.2, 0) is 26.1 Å². The Labute approximate surface area is 151 Å². The SMILES string of the molecule is CCn1ncc(CN2CCc3c(nc(-c4cccnc4)[nH]c3=O)C2)c1C. The number of hydrogen-bond acceptors (Lipinski definition) is 5. The van der Waals surface area contributed by atoms with E-state index in [1.54, 1.807) is 12.4 Å². The van der Waals surface area contributed by atoms with E-state index in [-0.39, 0.29) is 5.56 Å². The third-order valence-electron chi connectivity index (χ3n) is 4.99. The van der Waals surface area contributed by atoms with Gasteiger partial charge in [-0.25, -0.2) is 4.98 Å². The highest BCUT2D eigenvalue weighted by Gasteiger charge is 2.22. The van der Waals surface area contributed by atoms with Crippen LogP contribution >= 0.6 is 0 Å². The predicted molar refractivity (Wildman–Crippen MR) is 98.5 cm³/mol. The number of rotatable bonds is 4. The first-order valence-corrected chi connectivity index (χ1v) is 8.91. The summed E-state index contributed by atoms with van der Waals surface area (Å²) >= 11 is 0. The number of hydrogen-bond donors (Lipinski definition) is 1. The average Bonchev–Trinajstić information content (AvgIpc) is 3.02. The van der Waals surface area contributed by atoms with E-state index in [9.17, 15) is 4.79 Å². The second-order valence-electron chi connectivity index (χ2n) is 6.61. The van der Waals surface area contributed by atoms with Gasteiger partial charge in [-0.15, -0.1) is 0 Å². The highest BCUT2D eigenvalue weighted by atomic mass is 16.1. The summed E-state index contributed by atoms with van der Waals surface area (Å²) in [4.78, 5) is 26.5. The van der Waals surface area contributed by atoms with Gasteiger partial charge >= 0.3 is 0 Å². The highest BCUT2D eigenvalue weighted by Crippen LogP contribution is 2.20. The molecule has 3 aromatic rings. The summed E-state index contributed by atoms with van der Waals surface area (Å²) in [5.74, 6) is 0.582. The zero-order valence-electron chi connectivity index (χ0n) is 15.1. The van der Waals surface area contributed by atoms with Gasteiger partial charge in [-0.05, 0) is 32.4 Å². The minimum absolute atomic E-state index is 0.0384. The number of nitrogens with one attached hydrogen (secondary N) is 1. The number of aromatic nitrogens is 5. The monoisotopic (exact) mass is 350 g/mol. The van der Waals surface area contributed by atoms with Gasteiger partial charge in [0.25, 0.3) is 5.56 Å². The zero-order valence-corrected chi connectivity index (χ0v) is 15.1.